The zero-order chi connectivity index (χ0) is 23.9. The maximum absolute atomic E-state index is 13.0. The van der Waals surface area contributed by atoms with Gasteiger partial charge < -0.3 is 9.15 Å². The van der Waals surface area contributed by atoms with Crippen LogP contribution in [-0.2, 0) is 4.79 Å². The van der Waals surface area contributed by atoms with Crippen molar-refractivity contribution in [1.29, 1.82) is 0 Å². The Morgan fingerprint density at radius 2 is 1.97 bits per heavy atom. The number of aryl methyl sites for hydroxylation is 1. The number of ether oxygens (including phenoxy) is 1. The lowest BCUT2D eigenvalue weighted by Crippen LogP contribution is -2.27. The summed E-state index contributed by atoms with van der Waals surface area (Å²) in [5.41, 5.74) is 2.55. The van der Waals surface area contributed by atoms with E-state index in [-0.39, 0.29) is 11.6 Å². The molecule has 1 amide bonds. The predicted octanol–water partition coefficient (Wildman–Crippen LogP) is 6.54. The van der Waals surface area contributed by atoms with Crippen LogP contribution in [0.25, 0.3) is 17.4 Å². The number of hydrogen-bond donors (Lipinski definition) is 0. The average Bonchev–Trinajstić information content (AvgIpc) is 3.34. The van der Waals surface area contributed by atoms with Crippen LogP contribution in [0.4, 0.5) is 11.4 Å². The number of amides is 1. The number of nitrogens with zero attached hydrogens (tertiary/aromatic N) is 2. The van der Waals surface area contributed by atoms with Crippen LogP contribution in [0.15, 0.2) is 51.8 Å². The molecule has 2 heterocycles. The number of benzene rings is 2. The first-order valence-electron chi connectivity index (χ1n) is 9.67. The highest BCUT2D eigenvalue weighted by molar-refractivity contribution is 8.27. The van der Waals surface area contributed by atoms with Gasteiger partial charge >= 0.3 is 0 Å². The number of furan rings is 1. The van der Waals surface area contributed by atoms with Gasteiger partial charge in [0.1, 0.15) is 17.3 Å². The number of thiocarbonyl (C=S) groups is 1. The highest BCUT2D eigenvalue weighted by Gasteiger charge is 2.34. The van der Waals surface area contributed by atoms with Crippen LogP contribution in [0, 0.1) is 24.0 Å². The van der Waals surface area contributed by atoms with Crippen molar-refractivity contribution in [1.82, 2.24) is 0 Å². The Kier molecular flexibility index (Phi) is 6.29. The molecule has 7 nitrogen and oxygen atoms in total. The number of methoxy groups -OCH3 is 1. The zero-order valence-corrected chi connectivity index (χ0v) is 20.1. The quantitative estimate of drug-likeness (QED) is 0.170. The van der Waals surface area contributed by atoms with Crippen molar-refractivity contribution >= 4 is 63.3 Å². The zero-order valence-electron chi connectivity index (χ0n) is 17.7. The fraction of sp³-hybridized carbons (Fsp3) is 0.130. The lowest BCUT2D eigenvalue weighted by atomic mass is 10.0. The maximum atomic E-state index is 13.0. The third-order valence-corrected chi connectivity index (χ3v) is 6.81. The third-order valence-electron chi connectivity index (χ3n) is 5.21. The Bertz CT molecular complexity index is 1350. The molecule has 0 unspecified atom stereocenters. The second-order valence-corrected chi connectivity index (χ2v) is 9.32. The molecule has 1 aliphatic heterocycles. The molecule has 0 atom stereocenters. The summed E-state index contributed by atoms with van der Waals surface area (Å²) in [6, 6.07) is 11.7. The van der Waals surface area contributed by atoms with E-state index in [1.54, 1.807) is 43.3 Å². The minimum absolute atomic E-state index is 0.0296. The molecule has 0 N–H and O–H groups in total. The number of carbonyl (C=O) groups excluding carboxylic acids is 1. The monoisotopic (exact) mass is 500 g/mol. The van der Waals surface area contributed by atoms with E-state index in [4.69, 9.17) is 33.0 Å². The van der Waals surface area contributed by atoms with Gasteiger partial charge in [0.2, 0.25) is 0 Å². The van der Waals surface area contributed by atoms with Gasteiger partial charge in [0, 0.05) is 23.3 Å². The van der Waals surface area contributed by atoms with Crippen LogP contribution in [0.5, 0.6) is 5.75 Å². The Labute approximate surface area is 204 Å². The Balaban J connectivity index is 1.63. The maximum Gasteiger partial charge on any atom is 0.273 e. The molecule has 2 aromatic carbocycles. The molecule has 3 aromatic rings. The number of nitro benzene ring substituents is 1. The fourth-order valence-corrected chi connectivity index (χ4v) is 4.90. The molecule has 168 valence electrons. The molecule has 10 heteroatoms. The predicted molar refractivity (Wildman–Crippen MR) is 134 cm³/mol. The number of halogens is 1. The second kappa shape index (κ2) is 9.01. The molecule has 1 aromatic heterocycles. The van der Waals surface area contributed by atoms with E-state index in [0.29, 0.717) is 48.3 Å². The number of anilines is 1. The van der Waals surface area contributed by atoms with Crippen LogP contribution in [-0.4, -0.2) is 22.3 Å². The van der Waals surface area contributed by atoms with Gasteiger partial charge in [-0.3, -0.25) is 19.8 Å². The van der Waals surface area contributed by atoms with E-state index in [1.807, 2.05) is 13.0 Å². The Morgan fingerprint density at radius 3 is 2.64 bits per heavy atom. The number of rotatable bonds is 5. The number of hydrogen-bond acceptors (Lipinski definition) is 7. The fourth-order valence-electron chi connectivity index (χ4n) is 3.37. The van der Waals surface area contributed by atoms with E-state index < -0.39 is 4.92 Å². The summed E-state index contributed by atoms with van der Waals surface area (Å²) >= 11 is 12.7. The van der Waals surface area contributed by atoms with E-state index in [0.717, 1.165) is 17.3 Å². The van der Waals surface area contributed by atoms with Crippen molar-refractivity contribution in [3.8, 4) is 17.1 Å². The van der Waals surface area contributed by atoms with Gasteiger partial charge in [-0.1, -0.05) is 35.6 Å². The summed E-state index contributed by atoms with van der Waals surface area (Å²) < 4.78 is 11.4. The molecule has 1 aliphatic rings. The van der Waals surface area contributed by atoms with Crippen LogP contribution in [0.3, 0.4) is 0 Å². The largest absolute Gasteiger partial charge is 0.495 e. The standard InChI is InChI=1S/C23H17ClN2O5S2/c1-12-8-14(9-18(13(12)2)26(28)29)19-7-5-16(31-19)11-21-22(27)25(23(32)33-21)15-4-6-20(30-3)17(24)10-15/h4-11H,1-3H3/b21-11+. The number of nitro groups is 1. The van der Waals surface area contributed by atoms with Crippen LogP contribution in [0.1, 0.15) is 16.9 Å². The van der Waals surface area contributed by atoms with Crippen LogP contribution < -0.4 is 9.64 Å². The summed E-state index contributed by atoms with van der Waals surface area (Å²) in [5.74, 6) is 1.09. The molecule has 0 spiro atoms. The van der Waals surface area contributed by atoms with Gasteiger partial charge in [-0.05, 0) is 55.8 Å². The van der Waals surface area contributed by atoms with Crippen molar-refractivity contribution in [3.63, 3.8) is 0 Å². The van der Waals surface area contributed by atoms with Crippen molar-refractivity contribution in [2.24, 2.45) is 0 Å². The smallest absolute Gasteiger partial charge is 0.273 e. The summed E-state index contributed by atoms with van der Waals surface area (Å²) in [5, 5.41) is 11.7. The van der Waals surface area contributed by atoms with Gasteiger partial charge in [-0.2, -0.15) is 0 Å². The van der Waals surface area contributed by atoms with E-state index >= 15 is 0 Å². The van der Waals surface area contributed by atoms with E-state index in [2.05, 4.69) is 0 Å². The highest BCUT2D eigenvalue weighted by Crippen LogP contribution is 2.39. The Morgan fingerprint density at radius 1 is 1.21 bits per heavy atom. The molecular formula is C23H17ClN2O5S2. The number of carbonyl (C=O) groups is 1. The van der Waals surface area contributed by atoms with E-state index in [1.165, 1.54) is 18.1 Å². The molecule has 33 heavy (non-hydrogen) atoms. The van der Waals surface area contributed by atoms with Crippen molar-refractivity contribution in [2.45, 2.75) is 13.8 Å². The van der Waals surface area contributed by atoms with Gasteiger partial charge in [0.15, 0.2) is 4.32 Å². The summed E-state index contributed by atoms with van der Waals surface area (Å²) in [6.07, 6.45) is 1.60. The minimum atomic E-state index is -0.410. The van der Waals surface area contributed by atoms with E-state index in [9.17, 15) is 14.9 Å². The van der Waals surface area contributed by atoms with Crippen LogP contribution >= 0.6 is 35.6 Å². The van der Waals surface area contributed by atoms with Gasteiger partial charge in [-0.15, -0.1) is 0 Å². The minimum Gasteiger partial charge on any atom is -0.495 e. The molecule has 0 aliphatic carbocycles. The first-order valence-corrected chi connectivity index (χ1v) is 11.3. The third kappa shape index (κ3) is 4.39. The normalized spacial score (nSPS) is 14.9. The molecule has 1 saturated heterocycles. The highest BCUT2D eigenvalue weighted by atomic mass is 35.5. The second-order valence-electron chi connectivity index (χ2n) is 7.23. The lowest BCUT2D eigenvalue weighted by molar-refractivity contribution is -0.385. The lowest BCUT2D eigenvalue weighted by Gasteiger charge is -2.15. The summed E-state index contributed by atoms with van der Waals surface area (Å²) in [7, 11) is 1.51. The SMILES string of the molecule is COc1ccc(N2C(=O)/C(=C\c3ccc(-c4cc(C)c(C)c([N+](=O)[O-])c4)o3)SC2=S)cc1Cl. The van der Waals surface area contributed by atoms with Gasteiger partial charge in [0.05, 0.1) is 27.6 Å². The summed E-state index contributed by atoms with van der Waals surface area (Å²) in [4.78, 5) is 25.8. The van der Waals surface area contributed by atoms with Gasteiger partial charge in [0.25, 0.3) is 11.6 Å². The average molecular weight is 501 g/mol. The van der Waals surface area contributed by atoms with Crippen LogP contribution in [0.2, 0.25) is 5.02 Å². The number of thioether (sulfide) groups is 1. The summed E-state index contributed by atoms with van der Waals surface area (Å²) in [6.45, 7) is 3.52. The van der Waals surface area contributed by atoms with Crippen molar-refractivity contribution in [2.75, 3.05) is 12.0 Å². The molecule has 4 rings (SSSR count). The molecule has 0 radical (unpaired) electrons. The first-order chi connectivity index (χ1) is 15.7. The molecule has 0 bridgehead atoms. The Hall–Kier alpha value is -3.14. The van der Waals surface area contributed by atoms with Crippen molar-refractivity contribution < 1.29 is 18.9 Å². The molecular weight excluding hydrogens is 484 g/mol. The molecule has 0 saturated carbocycles. The topological polar surface area (TPSA) is 85.8 Å². The molecule has 1 fully saturated rings. The van der Waals surface area contributed by atoms with Gasteiger partial charge in [-0.25, -0.2) is 0 Å². The first kappa shape index (κ1) is 23.0. The van der Waals surface area contributed by atoms with Crippen molar-refractivity contribution in [3.05, 3.63) is 79.4 Å².